The van der Waals surface area contributed by atoms with Crippen LogP contribution in [-0.2, 0) is 9.53 Å². The van der Waals surface area contributed by atoms with Gasteiger partial charge in [0.15, 0.2) is 0 Å². The number of hydrogen-bond acceptors (Lipinski definition) is 4. The topological polar surface area (TPSA) is 84.7 Å². The van der Waals surface area contributed by atoms with Gasteiger partial charge in [-0.05, 0) is 44.7 Å². The van der Waals surface area contributed by atoms with E-state index in [-0.39, 0.29) is 11.8 Å². The fraction of sp³-hybridized carbons (Fsp3) is 0.571. The Bertz CT molecular complexity index is 785. The van der Waals surface area contributed by atoms with E-state index in [1.165, 1.54) is 0 Å². The molecule has 0 saturated heterocycles. The van der Waals surface area contributed by atoms with Crippen molar-refractivity contribution < 1.29 is 14.3 Å². The van der Waals surface area contributed by atoms with Crippen molar-refractivity contribution in [3.8, 4) is 0 Å². The maximum absolute atomic E-state index is 12.5. The molecule has 0 atom stereocenters. The average molecular weight is 389 g/mol. The van der Waals surface area contributed by atoms with Crippen LogP contribution in [0.1, 0.15) is 60.8 Å². The van der Waals surface area contributed by atoms with Gasteiger partial charge in [-0.2, -0.15) is 0 Å². The van der Waals surface area contributed by atoms with Crippen LogP contribution < -0.4 is 10.6 Å². The van der Waals surface area contributed by atoms with E-state index >= 15 is 0 Å². The van der Waals surface area contributed by atoms with Crippen LogP contribution in [0.5, 0.6) is 0 Å². The van der Waals surface area contributed by atoms with Gasteiger partial charge in [-0.1, -0.05) is 19.4 Å². The van der Waals surface area contributed by atoms with Gasteiger partial charge in [-0.15, -0.1) is 0 Å². The number of carbonyl (C=O) groups excluding carboxylic acids is 2. The van der Waals surface area contributed by atoms with Gasteiger partial charge >= 0.3 is 0 Å². The molecule has 0 radical (unpaired) electrons. The second-order valence-corrected chi connectivity index (χ2v) is 6.96. The lowest BCUT2D eigenvalue weighted by Gasteiger charge is -2.08. The van der Waals surface area contributed by atoms with E-state index < -0.39 is 0 Å². The van der Waals surface area contributed by atoms with Crippen molar-refractivity contribution in [2.24, 2.45) is 0 Å². The number of nitrogens with one attached hydrogen (secondary N) is 2. The molecule has 0 unspecified atom stereocenters. The number of aryl methyl sites for hydroxylation is 2. The lowest BCUT2D eigenvalue weighted by atomic mass is 10.2. The van der Waals surface area contributed by atoms with Gasteiger partial charge in [0, 0.05) is 38.9 Å². The summed E-state index contributed by atoms with van der Waals surface area (Å²) >= 11 is 0. The number of fused-ring (bicyclic) bond motifs is 1. The van der Waals surface area contributed by atoms with Crippen LogP contribution in [0.2, 0.25) is 0 Å². The van der Waals surface area contributed by atoms with Crippen molar-refractivity contribution >= 4 is 17.5 Å². The van der Waals surface area contributed by atoms with Crippen molar-refractivity contribution in [2.45, 2.75) is 52.9 Å². The summed E-state index contributed by atoms with van der Waals surface area (Å²) in [4.78, 5) is 28.9. The molecule has 0 aliphatic heterocycles. The van der Waals surface area contributed by atoms with E-state index in [0.29, 0.717) is 43.9 Å². The molecule has 0 aromatic carbocycles. The number of aromatic nitrogens is 2. The number of amides is 2. The van der Waals surface area contributed by atoms with Gasteiger partial charge < -0.3 is 15.4 Å². The summed E-state index contributed by atoms with van der Waals surface area (Å²) in [6.45, 7) is 8.47. The molecule has 2 aromatic heterocycles. The van der Waals surface area contributed by atoms with Gasteiger partial charge in [-0.25, -0.2) is 4.98 Å². The number of ether oxygens (including phenoxy) is 1. The van der Waals surface area contributed by atoms with Gasteiger partial charge in [0.1, 0.15) is 11.3 Å². The van der Waals surface area contributed by atoms with E-state index in [9.17, 15) is 9.59 Å². The lowest BCUT2D eigenvalue weighted by molar-refractivity contribution is -0.121. The SMILES string of the molecule is CCCCOCCCNC(=O)CCCNC(=O)c1c(C)nc2c(C)cccn12. The Balaban J connectivity index is 1.66. The lowest BCUT2D eigenvalue weighted by Crippen LogP contribution is -2.29. The molecule has 7 heteroatoms. The average Bonchev–Trinajstić information content (AvgIpc) is 3.02. The first-order valence-electron chi connectivity index (χ1n) is 10.1. The van der Waals surface area contributed by atoms with Crippen molar-refractivity contribution in [3.05, 3.63) is 35.3 Å². The summed E-state index contributed by atoms with van der Waals surface area (Å²) in [6, 6.07) is 3.87. The highest BCUT2D eigenvalue weighted by molar-refractivity contribution is 5.94. The quantitative estimate of drug-likeness (QED) is 0.548. The third-order valence-corrected chi connectivity index (χ3v) is 4.53. The van der Waals surface area contributed by atoms with Crippen LogP contribution in [0.3, 0.4) is 0 Å². The first kappa shape index (κ1) is 21.9. The number of imidazole rings is 1. The van der Waals surface area contributed by atoms with Gasteiger partial charge in [0.2, 0.25) is 5.91 Å². The fourth-order valence-corrected chi connectivity index (χ4v) is 2.96. The number of hydrogen-bond donors (Lipinski definition) is 2. The van der Waals surface area contributed by atoms with E-state index in [1.807, 2.05) is 36.6 Å². The predicted molar refractivity (Wildman–Crippen MR) is 110 cm³/mol. The Morgan fingerprint density at radius 2 is 1.86 bits per heavy atom. The summed E-state index contributed by atoms with van der Waals surface area (Å²) in [7, 11) is 0. The number of pyridine rings is 1. The Morgan fingerprint density at radius 1 is 1.11 bits per heavy atom. The van der Waals surface area contributed by atoms with Crippen LogP contribution in [0.15, 0.2) is 18.3 Å². The van der Waals surface area contributed by atoms with Gasteiger partial charge in [0.05, 0.1) is 5.69 Å². The highest BCUT2D eigenvalue weighted by Crippen LogP contribution is 2.15. The highest BCUT2D eigenvalue weighted by Gasteiger charge is 2.16. The third-order valence-electron chi connectivity index (χ3n) is 4.53. The predicted octanol–water partition coefficient (Wildman–Crippen LogP) is 2.78. The zero-order chi connectivity index (χ0) is 20.4. The molecule has 0 spiro atoms. The minimum absolute atomic E-state index is 0.00409. The molecule has 0 fully saturated rings. The number of nitrogens with zero attached hydrogens (tertiary/aromatic N) is 2. The zero-order valence-corrected chi connectivity index (χ0v) is 17.2. The Kier molecular flexibility index (Phi) is 8.94. The maximum atomic E-state index is 12.5. The van der Waals surface area contributed by atoms with Gasteiger partial charge in [-0.3, -0.25) is 14.0 Å². The molecule has 2 N–H and O–H groups in total. The molecule has 0 bridgehead atoms. The molecule has 2 heterocycles. The summed E-state index contributed by atoms with van der Waals surface area (Å²) in [5, 5.41) is 5.77. The Morgan fingerprint density at radius 3 is 2.64 bits per heavy atom. The summed E-state index contributed by atoms with van der Waals surface area (Å²) in [6.07, 6.45) is 5.85. The molecule has 2 aromatic rings. The minimum atomic E-state index is -0.166. The van der Waals surface area contributed by atoms with Crippen molar-refractivity contribution in [3.63, 3.8) is 0 Å². The van der Waals surface area contributed by atoms with Crippen molar-refractivity contribution in [1.82, 2.24) is 20.0 Å². The van der Waals surface area contributed by atoms with Crippen LogP contribution in [0, 0.1) is 13.8 Å². The monoisotopic (exact) mass is 388 g/mol. The summed E-state index contributed by atoms with van der Waals surface area (Å²) in [5.41, 5.74) is 3.07. The summed E-state index contributed by atoms with van der Waals surface area (Å²) in [5.74, 6) is -0.162. The normalized spacial score (nSPS) is 11.0. The van der Waals surface area contributed by atoms with Crippen LogP contribution >= 0.6 is 0 Å². The second-order valence-electron chi connectivity index (χ2n) is 6.96. The Hall–Kier alpha value is -2.41. The van der Waals surface area contributed by atoms with Crippen LogP contribution in [0.25, 0.3) is 5.65 Å². The number of unbranched alkanes of at least 4 members (excludes halogenated alkanes) is 1. The van der Waals surface area contributed by atoms with E-state index in [4.69, 9.17) is 4.74 Å². The molecule has 0 aliphatic rings. The maximum Gasteiger partial charge on any atom is 0.270 e. The minimum Gasteiger partial charge on any atom is -0.381 e. The van der Waals surface area contributed by atoms with Gasteiger partial charge in [0.25, 0.3) is 5.91 Å². The van der Waals surface area contributed by atoms with E-state index in [1.54, 1.807) is 0 Å². The largest absolute Gasteiger partial charge is 0.381 e. The second kappa shape index (κ2) is 11.4. The third kappa shape index (κ3) is 6.34. The highest BCUT2D eigenvalue weighted by atomic mass is 16.5. The molecule has 0 aliphatic carbocycles. The smallest absolute Gasteiger partial charge is 0.270 e. The van der Waals surface area contributed by atoms with E-state index in [0.717, 1.165) is 37.1 Å². The number of rotatable bonds is 12. The standard InChI is InChI=1S/C21H32N4O3/c1-4-5-14-28-15-8-12-22-18(26)10-6-11-23-21(27)19-17(3)24-20-16(2)9-7-13-25(19)20/h7,9,13H,4-6,8,10-12,14-15H2,1-3H3,(H,22,26)(H,23,27). The Labute approximate surface area is 166 Å². The molecule has 2 rings (SSSR count). The molecule has 2 amide bonds. The number of carbonyl (C=O) groups is 2. The first-order valence-corrected chi connectivity index (χ1v) is 10.1. The summed E-state index contributed by atoms with van der Waals surface area (Å²) < 4.78 is 7.27. The van der Waals surface area contributed by atoms with Crippen LogP contribution in [-0.4, -0.2) is 47.5 Å². The molecule has 28 heavy (non-hydrogen) atoms. The molecule has 7 nitrogen and oxygen atoms in total. The first-order chi connectivity index (χ1) is 13.5. The fourth-order valence-electron chi connectivity index (χ4n) is 2.96. The zero-order valence-electron chi connectivity index (χ0n) is 17.2. The molecular weight excluding hydrogens is 356 g/mol. The molecule has 0 saturated carbocycles. The molecular formula is C21H32N4O3. The van der Waals surface area contributed by atoms with Crippen molar-refractivity contribution in [2.75, 3.05) is 26.3 Å². The van der Waals surface area contributed by atoms with E-state index in [2.05, 4.69) is 22.5 Å². The molecule has 154 valence electrons. The van der Waals surface area contributed by atoms with Crippen LogP contribution in [0.4, 0.5) is 0 Å². The van der Waals surface area contributed by atoms with Crippen molar-refractivity contribution in [1.29, 1.82) is 0 Å².